The molecule has 1 aromatic carbocycles. The number of rotatable bonds is 8. The second-order valence-corrected chi connectivity index (χ2v) is 7.56. The van der Waals surface area contributed by atoms with Gasteiger partial charge < -0.3 is 15.1 Å². The summed E-state index contributed by atoms with van der Waals surface area (Å²) in [5.41, 5.74) is 0.730. The molecule has 2 N–H and O–H groups in total. The van der Waals surface area contributed by atoms with Crippen molar-refractivity contribution in [3.63, 3.8) is 0 Å². The zero-order chi connectivity index (χ0) is 19.0. The Morgan fingerprint density at radius 2 is 1.92 bits per heavy atom. The van der Waals surface area contributed by atoms with Gasteiger partial charge in [-0.2, -0.15) is 5.26 Å². The largest absolute Gasteiger partial charge is 0.472 e. The monoisotopic (exact) mass is 375 g/mol. The van der Waals surface area contributed by atoms with E-state index >= 15 is 0 Å². The molecule has 0 spiro atoms. The number of benzene rings is 1. The molecule has 0 aliphatic carbocycles. The van der Waals surface area contributed by atoms with Gasteiger partial charge >= 0.3 is 0 Å². The lowest BCUT2D eigenvalue weighted by Crippen LogP contribution is -2.50. The Hall–Kier alpha value is -3.12. The molecule has 0 saturated carbocycles. The number of hydrogen-bond donors (Lipinski definition) is 2. The molecule has 0 unspecified atom stereocenters. The fraction of sp³-hybridized carbons (Fsp3) is 0.235. The SMILES string of the molecule is N#CCNC(=O)[C@H](CS(=O)(=O)Cc1ccccc1)NC(=O)c1ccoc1. The van der Waals surface area contributed by atoms with Crippen molar-refractivity contribution in [2.24, 2.45) is 0 Å². The highest BCUT2D eigenvalue weighted by atomic mass is 32.2. The second kappa shape index (κ2) is 8.82. The van der Waals surface area contributed by atoms with Crippen LogP contribution in [0.15, 0.2) is 53.3 Å². The van der Waals surface area contributed by atoms with Crippen molar-refractivity contribution in [3.8, 4) is 6.07 Å². The number of sulfone groups is 1. The van der Waals surface area contributed by atoms with E-state index in [1.807, 2.05) is 0 Å². The van der Waals surface area contributed by atoms with Crippen LogP contribution < -0.4 is 10.6 Å². The summed E-state index contributed by atoms with van der Waals surface area (Å²) in [5, 5.41) is 13.2. The number of nitriles is 1. The van der Waals surface area contributed by atoms with E-state index in [1.54, 1.807) is 36.4 Å². The van der Waals surface area contributed by atoms with E-state index in [1.165, 1.54) is 18.6 Å². The van der Waals surface area contributed by atoms with E-state index in [0.29, 0.717) is 5.56 Å². The van der Waals surface area contributed by atoms with E-state index in [0.717, 1.165) is 0 Å². The fourth-order valence-corrected chi connectivity index (χ4v) is 3.77. The number of hydrogen-bond acceptors (Lipinski definition) is 6. The maximum atomic E-state index is 12.4. The Morgan fingerprint density at radius 1 is 1.19 bits per heavy atom. The summed E-state index contributed by atoms with van der Waals surface area (Å²) in [7, 11) is -3.70. The minimum absolute atomic E-state index is 0.156. The van der Waals surface area contributed by atoms with Gasteiger partial charge in [-0.05, 0) is 11.6 Å². The third kappa shape index (κ3) is 5.75. The summed E-state index contributed by atoms with van der Waals surface area (Å²) in [4.78, 5) is 24.3. The van der Waals surface area contributed by atoms with Gasteiger partial charge in [-0.15, -0.1) is 0 Å². The Kier molecular flexibility index (Phi) is 6.52. The molecule has 0 aliphatic rings. The fourth-order valence-electron chi connectivity index (χ4n) is 2.21. The van der Waals surface area contributed by atoms with Crippen molar-refractivity contribution in [2.45, 2.75) is 11.8 Å². The Morgan fingerprint density at radius 3 is 2.54 bits per heavy atom. The summed E-state index contributed by atoms with van der Waals surface area (Å²) in [6.07, 6.45) is 2.46. The van der Waals surface area contributed by atoms with Crippen molar-refractivity contribution in [1.82, 2.24) is 10.6 Å². The van der Waals surface area contributed by atoms with Crippen LogP contribution in [-0.2, 0) is 20.4 Å². The van der Waals surface area contributed by atoms with Crippen molar-refractivity contribution < 1.29 is 22.4 Å². The van der Waals surface area contributed by atoms with Crippen molar-refractivity contribution in [3.05, 3.63) is 60.1 Å². The zero-order valence-electron chi connectivity index (χ0n) is 13.7. The van der Waals surface area contributed by atoms with Gasteiger partial charge in [-0.25, -0.2) is 8.42 Å². The highest BCUT2D eigenvalue weighted by Crippen LogP contribution is 2.08. The van der Waals surface area contributed by atoms with Gasteiger partial charge in [0.25, 0.3) is 5.91 Å². The van der Waals surface area contributed by atoms with Crippen molar-refractivity contribution in [2.75, 3.05) is 12.3 Å². The number of nitrogens with one attached hydrogen (secondary N) is 2. The van der Waals surface area contributed by atoms with E-state index in [-0.39, 0.29) is 17.9 Å². The molecule has 0 radical (unpaired) electrons. The average molecular weight is 375 g/mol. The van der Waals surface area contributed by atoms with Crippen molar-refractivity contribution >= 4 is 21.7 Å². The number of carbonyl (C=O) groups excluding carboxylic acids is 2. The van der Waals surface area contributed by atoms with E-state index in [2.05, 4.69) is 10.6 Å². The lowest BCUT2D eigenvalue weighted by atomic mass is 10.2. The molecule has 1 heterocycles. The smallest absolute Gasteiger partial charge is 0.255 e. The first-order valence-electron chi connectivity index (χ1n) is 7.63. The average Bonchev–Trinajstić information content (AvgIpc) is 3.14. The van der Waals surface area contributed by atoms with Crippen LogP contribution in [0.4, 0.5) is 0 Å². The van der Waals surface area contributed by atoms with Gasteiger partial charge in [0.15, 0.2) is 9.84 Å². The Balaban J connectivity index is 2.13. The van der Waals surface area contributed by atoms with Crippen LogP contribution in [0.3, 0.4) is 0 Å². The molecule has 2 aromatic rings. The first-order chi connectivity index (χ1) is 12.4. The summed E-state index contributed by atoms with van der Waals surface area (Å²) >= 11 is 0. The summed E-state index contributed by atoms with van der Waals surface area (Å²) < 4.78 is 29.7. The molecule has 2 amide bonds. The van der Waals surface area contributed by atoms with Gasteiger partial charge in [-0.3, -0.25) is 9.59 Å². The molecular formula is C17H17N3O5S. The quantitative estimate of drug-likeness (QED) is 0.651. The first kappa shape index (κ1) is 19.2. The van der Waals surface area contributed by atoms with E-state index in [4.69, 9.17) is 9.68 Å². The van der Waals surface area contributed by atoms with Gasteiger partial charge in [0, 0.05) is 0 Å². The first-order valence-corrected chi connectivity index (χ1v) is 9.45. The molecule has 0 aliphatic heterocycles. The predicted octanol–water partition coefficient (Wildman–Crippen LogP) is 0.633. The molecule has 8 nitrogen and oxygen atoms in total. The Bertz CT molecular complexity index is 886. The van der Waals surface area contributed by atoms with Gasteiger partial charge in [0.2, 0.25) is 5.91 Å². The van der Waals surface area contributed by atoms with E-state index in [9.17, 15) is 18.0 Å². The van der Waals surface area contributed by atoms with Crippen LogP contribution >= 0.6 is 0 Å². The van der Waals surface area contributed by atoms with Crippen molar-refractivity contribution in [1.29, 1.82) is 5.26 Å². The van der Waals surface area contributed by atoms with Crippen LogP contribution in [0.5, 0.6) is 0 Å². The molecule has 26 heavy (non-hydrogen) atoms. The molecule has 0 saturated heterocycles. The molecule has 136 valence electrons. The Labute approximate surface area is 150 Å². The van der Waals surface area contributed by atoms with E-state index < -0.39 is 33.4 Å². The van der Waals surface area contributed by atoms with Gasteiger partial charge in [-0.1, -0.05) is 30.3 Å². The normalized spacial score (nSPS) is 12.0. The highest BCUT2D eigenvalue weighted by Gasteiger charge is 2.28. The molecule has 0 bridgehead atoms. The maximum Gasteiger partial charge on any atom is 0.255 e. The standard InChI is InChI=1S/C17H17N3O5S/c18-7-8-19-17(22)15(20-16(21)14-6-9-25-10-14)12-26(23,24)11-13-4-2-1-3-5-13/h1-6,9-10,15H,8,11-12H2,(H,19,22)(H,20,21)/t15-/m0/s1. The minimum Gasteiger partial charge on any atom is -0.472 e. The number of amides is 2. The minimum atomic E-state index is -3.70. The van der Waals surface area contributed by atoms with Crippen LogP contribution in [0.1, 0.15) is 15.9 Å². The lowest BCUT2D eigenvalue weighted by molar-refractivity contribution is -0.122. The van der Waals surface area contributed by atoms with Gasteiger partial charge in [0.1, 0.15) is 18.8 Å². The summed E-state index contributed by atoms with van der Waals surface area (Å²) in [6, 6.07) is 10.3. The topological polar surface area (TPSA) is 129 Å². The maximum absolute atomic E-state index is 12.4. The summed E-state index contributed by atoms with van der Waals surface area (Å²) in [6.45, 7) is -0.296. The molecular weight excluding hydrogens is 358 g/mol. The third-order valence-corrected chi connectivity index (χ3v) is 5.01. The third-order valence-electron chi connectivity index (χ3n) is 3.40. The van der Waals surface area contributed by atoms with Crippen LogP contribution in [0.25, 0.3) is 0 Å². The predicted molar refractivity (Wildman–Crippen MR) is 92.5 cm³/mol. The van der Waals surface area contributed by atoms with Crippen LogP contribution in [0.2, 0.25) is 0 Å². The van der Waals surface area contributed by atoms with Crippen LogP contribution in [0, 0.1) is 11.3 Å². The lowest BCUT2D eigenvalue weighted by Gasteiger charge is -2.17. The number of furan rings is 1. The zero-order valence-corrected chi connectivity index (χ0v) is 14.5. The van der Waals surface area contributed by atoms with Gasteiger partial charge in [0.05, 0.1) is 29.4 Å². The molecule has 1 atom stereocenters. The second-order valence-electron chi connectivity index (χ2n) is 5.45. The number of carbonyl (C=O) groups is 2. The molecule has 9 heteroatoms. The van der Waals surface area contributed by atoms with Crippen LogP contribution in [-0.4, -0.2) is 38.6 Å². The molecule has 0 fully saturated rings. The molecule has 2 rings (SSSR count). The number of nitrogens with zero attached hydrogens (tertiary/aromatic N) is 1. The highest BCUT2D eigenvalue weighted by molar-refractivity contribution is 7.90. The summed E-state index contributed by atoms with van der Waals surface area (Å²) in [5.74, 6) is -2.26. The molecule has 1 aromatic heterocycles.